The Bertz CT molecular complexity index is 556. The highest BCUT2D eigenvalue weighted by Crippen LogP contribution is 2.28. The minimum atomic E-state index is -0.299. The van der Waals surface area contributed by atoms with Gasteiger partial charge in [0.25, 0.3) is 0 Å². The number of hydrogen-bond donors (Lipinski definition) is 1. The Balaban J connectivity index is 1.83. The first-order chi connectivity index (χ1) is 9.08. The monoisotopic (exact) mass is 259 g/mol. The third-order valence-electron chi connectivity index (χ3n) is 4.13. The van der Waals surface area contributed by atoms with Crippen molar-refractivity contribution in [2.45, 2.75) is 25.4 Å². The van der Waals surface area contributed by atoms with Crippen LogP contribution in [0.25, 0.3) is 0 Å². The molecule has 1 unspecified atom stereocenters. The van der Waals surface area contributed by atoms with Gasteiger partial charge in [0.1, 0.15) is 0 Å². The molecule has 100 valence electrons. The number of carbonyl (C=O) groups is 2. The van der Waals surface area contributed by atoms with E-state index in [4.69, 9.17) is 5.73 Å². The summed E-state index contributed by atoms with van der Waals surface area (Å²) in [5.41, 5.74) is 9.14. The van der Waals surface area contributed by atoms with Gasteiger partial charge in [0.2, 0.25) is 11.8 Å². The molecule has 1 aromatic rings. The molecule has 2 N–H and O–H groups in total. The lowest BCUT2D eigenvalue weighted by Gasteiger charge is -2.32. The van der Waals surface area contributed by atoms with Crippen LogP contribution in [0.3, 0.4) is 0 Å². The van der Waals surface area contributed by atoms with E-state index in [0.717, 1.165) is 18.7 Å². The van der Waals surface area contributed by atoms with Crippen LogP contribution in [0.15, 0.2) is 18.2 Å². The van der Waals surface area contributed by atoms with Crippen molar-refractivity contribution in [3.63, 3.8) is 0 Å². The molecule has 2 aliphatic heterocycles. The van der Waals surface area contributed by atoms with Crippen molar-refractivity contribution in [3.8, 4) is 0 Å². The number of nitrogen functional groups attached to an aromatic ring is 1. The van der Waals surface area contributed by atoms with E-state index < -0.39 is 0 Å². The molecule has 0 saturated carbocycles. The van der Waals surface area contributed by atoms with Crippen LogP contribution in [0.2, 0.25) is 0 Å². The first-order valence-corrected chi connectivity index (χ1v) is 6.48. The summed E-state index contributed by atoms with van der Waals surface area (Å²) in [7, 11) is 1.56. The van der Waals surface area contributed by atoms with E-state index in [1.54, 1.807) is 7.05 Å². The summed E-state index contributed by atoms with van der Waals surface area (Å²) >= 11 is 0. The highest BCUT2D eigenvalue weighted by molar-refractivity contribution is 6.05. The third kappa shape index (κ3) is 1.90. The lowest BCUT2D eigenvalue weighted by molar-refractivity contribution is -0.138. The van der Waals surface area contributed by atoms with Gasteiger partial charge in [0.15, 0.2) is 0 Å². The number of carbonyl (C=O) groups excluding carboxylic acids is 2. The van der Waals surface area contributed by atoms with Crippen molar-refractivity contribution in [1.29, 1.82) is 0 Å². The van der Waals surface area contributed by atoms with Gasteiger partial charge in [-0.05, 0) is 23.6 Å². The second-order valence-corrected chi connectivity index (χ2v) is 5.22. The predicted octanol–water partition coefficient (Wildman–Crippen LogP) is 0.384. The number of benzene rings is 1. The van der Waals surface area contributed by atoms with Crippen molar-refractivity contribution in [2.24, 2.45) is 0 Å². The Morgan fingerprint density at radius 3 is 2.79 bits per heavy atom. The van der Waals surface area contributed by atoms with Crippen LogP contribution in [-0.4, -0.2) is 41.2 Å². The van der Waals surface area contributed by atoms with Crippen molar-refractivity contribution < 1.29 is 9.59 Å². The van der Waals surface area contributed by atoms with E-state index in [9.17, 15) is 9.59 Å². The first kappa shape index (κ1) is 12.2. The predicted molar refractivity (Wildman–Crippen MR) is 71.2 cm³/mol. The van der Waals surface area contributed by atoms with Crippen molar-refractivity contribution in [2.75, 3.05) is 19.3 Å². The van der Waals surface area contributed by atoms with Gasteiger partial charge in [-0.25, -0.2) is 0 Å². The molecule has 1 aromatic carbocycles. The first-order valence-electron chi connectivity index (χ1n) is 6.48. The number of fused-ring (bicyclic) bond motifs is 1. The summed E-state index contributed by atoms with van der Waals surface area (Å²) in [6.45, 7) is 1.47. The zero-order chi connectivity index (χ0) is 13.6. The molecular weight excluding hydrogens is 242 g/mol. The quantitative estimate of drug-likeness (QED) is 0.585. The Kier molecular flexibility index (Phi) is 2.78. The van der Waals surface area contributed by atoms with Crippen molar-refractivity contribution in [3.05, 3.63) is 29.3 Å². The molecule has 2 heterocycles. The lowest BCUT2D eigenvalue weighted by atomic mass is 9.96. The number of nitrogens with two attached hydrogens (primary N) is 1. The fourth-order valence-corrected chi connectivity index (χ4v) is 2.95. The van der Waals surface area contributed by atoms with Gasteiger partial charge >= 0.3 is 0 Å². The third-order valence-corrected chi connectivity index (χ3v) is 4.13. The molecule has 3 rings (SSSR count). The molecule has 1 atom stereocenters. The summed E-state index contributed by atoms with van der Waals surface area (Å²) in [5, 5.41) is 0. The number of imide groups is 1. The maximum atomic E-state index is 12.0. The molecule has 1 fully saturated rings. The maximum absolute atomic E-state index is 12.0. The zero-order valence-electron chi connectivity index (χ0n) is 10.9. The molecule has 0 spiro atoms. The van der Waals surface area contributed by atoms with E-state index in [1.807, 2.05) is 18.2 Å². The summed E-state index contributed by atoms with van der Waals surface area (Å²) < 4.78 is 0. The van der Waals surface area contributed by atoms with Crippen LogP contribution in [0, 0.1) is 0 Å². The standard InChI is InChI=1S/C14H17N3O2/c1-16-13(18)7-12(14(16)19)17-6-5-10-9(8-17)3-2-4-11(10)15/h2-4,12H,5-8,15H2,1H3. The van der Waals surface area contributed by atoms with Crippen molar-refractivity contribution >= 4 is 17.5 Å². The Morgan fingerprint density at radius 2 is 2.11 bits per heavy atom. The molecule has 0 aromatic heterocycles. The Labute approximate surface area is 112 Å². The van der Waals surface area contributed by atoms with Gasteiger partial charge in [-0.15, -0.1) is 0 Å². The average molecular weight is 259 g/mol. The summed E-state index contributed by atoms with van der Waals surface area (Å²) in [4.78, 5) is 27.0. The van der Waals surface area contributed by atoms with Crippen LogP contribution in [0.4, 0.5) is 5.69 Å². The number of nitrogens with zero attached hydrogens (tertiary/aromatic N) is 2. The average Bonchev–Trinajstić information content (AvgIpc) is 2.66. The van der Waals surface area contributed by atoms with Crippen LogP contribution in [-0.2, 0) is 22.6 Å². The van der Waals surface area contributed by atoms with Gasteiger partial charge in [-0.3, -0.25) is 19.4 Å². The highest BCUT2D eigenvalue weighted by Gasteiger charge is 2.40. The molecule has 0 aliphatic carbocycles. The number of amides is 2. The topological polar surface area (TPSA) is 66.6 Å². The second-order valence-electron chi connectivity index (χ2n) is 5.22. The minimum Gasteiger partial charge on any atom is -0.398 e. The van der Waals surface area contributed by atoms with Gasteiger partial charge in [-0.2, -0.15) is 0 Å². The molecule has 5 nitrogen and oxygen atoms in total. The second kappa shape index (κ2) is 4.35. The largest absolute Gasteiger partial charge is 0.398 e. The van der Waals surface area contributed by atoms with E-state index >= 15 is 0 Å². The summed E-state index contributed by atoms with van der Waals surface area (Å²) in [6.07, 6.45) is 1.14. The maximum Gasteiger partial charge on any atom is 0.246 e. The fraction of sp³-hybridized carbons (Fsp3) is 0.429. The minimum absolute atomic E-state index is 0.0858. The Morgan fingerprint density at radius 1 is 1.32 bits per heavy atom. The van der Waals surface area contributed by atoms with E-state index in [0.29, 0.717) is 13.0 Å². The van der Waals surface area contributed by atoms with Gasteiger partial charge in [0, 0.05) is 25.8 Å². The van der Waals surface area contributed by atoms with Crippen LogP contribution in [0.5, 0.6) is 0 Å². The fourth-order valence-electron chi connectivity index (χ4n) is 2.95. The normalized spacial score (nSPS) is 23.8. The molecule has 2 aliphatic rings. The number of likely N-dealkylation sites (tertiary alicyclic amines) is 1. The highest BCUT2D eigenvalue weighted by atomic mass is 16.2. The zero-order valence-corrected chi connectivity index (χ0v) is 10.9. The molecule has 1 saturated heterocycles. The van der Waals surface area contributed by atoms with Crippen LogP contribution < -0.4 is 5.73 Å². The van der Waals surface area contributed by atoms with E-state index in [2.05, 4.69) is 4.90 Å². The van der Waals surface area contributed by atoms with Gasteiger partial charge < -0.3 is 5.73 Å². The Hall–Kier alpha value is -1.88. The lowest BCUT2D eigenvalue weighted by Crippen LogP contribution is -2.43. The summed E-state index contributed by atoms with van der Waals surface area (Å²) in [6, 6.07) is 5.59. The molecule has 2 amide bonds. The van der Waals surface area contributed by atoms with Gasteiger partial charge in [0.05, 0.1) is 12.5 Å². The van der Waals surface area contributed by atoms with Gasteiger partial charge in [-0.1, -0.05) is 12.1 Å². The SMILES string of the molecule is CN1C(=O)CC(N2CCc3c(N)cccc3C2)C1=O. The summed E-state index contributed by atoms with van der Waals surface area (Å²) in [5.74, 6) is -0.175. The molecule has 5 heteroatoms. The van der Waals surface area contributed by atoms with E-state index in [1.165, 1.54) is 16.0 Å². The smallest absolute Gasteiger partial charge is 0.246 e. The number of anilines is 1. The molecule has 0 radical (unpaired) electrons. The van der Waals surface area contributed by atoms with E-state index in [-0.39, 0.29) is 17.9 Å². The van der Waals surface area contributed by atoms with Crippen molar-refractivity contribution in [1.82, 2.24) is 9.80 Å². The van der Waals surface area contributed by atoms with Crippen LogP contribution in [0.1, 0.15) is 17.5 Å². The molecular formula is C14H17N3O2. The number of rotatable bonds is 1. The molecule has 0 bridgehead atoms. The number of likely N-dealkylation sites (N-methyl/N-ethyl adjacent to an activating group) is 1. The molecule has 19 heavy (non-hydrogen) atoms. The van der Waals surface area contributed by atoms with Crippen LogP contribution >= 0.6 is 0 Å². The number of hydrogen-bond acceptors (Lipinski definition) is 4.